The van der Waals surface area contributed by atoms with Gasteiger partial charge in [-0.1, -0.05) is 26.7 Å². The Bertz CT molecular complexity index is 1230. The van der Waals surface area contributed by atoms with E-state index in [0.29, 0.717) is 29.0 Å². The monoisotopic (exact) mass is 545 g/mol. The minimum absolute atomic E-state index is 0.0636. The van der Waals surface area contributed by atoms with Crippen molar-refractivity contribution in [3.05, 3.63) is 48.5 Å². The smallest absolute Gasteiger partial charge is 0.344 e. The molecule has 38 heavy (non-hydrogen) atoms. The molecule has 2 N–H and O–H groups in total. The summed E-state index contributed by atoms with van der Waals surface area (Å²) in [6, 6.07) is 12.1. The number of amides is 2. The topological polar surface area (TPSA) is 131 Å². The molecule has 2 amide bonds. The maximum Gasteiger partial charge on any atom is 0.344 e. The predicted octanol–water partition coefficient (Wildman–Crippen LogP) is 3.33. The lowest BCUT2D eigenvalue weighted by molar-refractivity contribution is -0.150. The number of esters is 1. The number of hydrogen-bond acceptors (Lipinski definition) is 7. The highest BCUT2D eigenvalue weighted by Gasteiger charge is 2.28. The van der Waals surface area contributed by atoms with Gasteiger partial charge in [-0.05, 0) is 66.8 Å². The van der Waals surface area contributed by atoms with Crippen molar-refractivity contribution in [2.75, 3.05) is 29.9 Å². The van der Waals surface area contributed by atoms with Crippen LogP contribution in [-0.4, -0.2) is 52.5 Å². The molecular weight excluding hydrogens is 510 g/mol. The average Bonchev–Trinajstić information content (AvgIpc) is 2.88. The first-order valence-electron chi connectivity index (χ1n) is 12.5. The van der Waals surface area contributed by atoms with Crippen LogP contribution in [-0.2, 0) is 29.1 Å². The first kappa shape index (κ1) is 29.0. The third-order valence-electron chi connectivity index (χ3n) is 6.81. The molecule has 2 aromatic carbocycles. The normalized spacial score (nSPS) is 19.2. The van der Waals surface area contributed by atoms with Gasteiger partial charge >= 0.3 is 5.97 Å². The number of hydrogen-bond donors (Lipinski definition) is 2. The highest BCUT2D eigenvalue weighted by atomic mass is 32.2. The largest absolute Gasteiger partial charge is 0.482 e. The Hall–Kier alpha value is -3.60. The zero-order valence-electron chi connectivity index (χ0n) is 22.1. The van der Waals surface area contributed by atoms with Gasteiger partial charge in [0, 0.05) is 25.7 Å². The molecule has 0 radical (unpaired) electrons. The summed E-state index contributed by atoms with van der Waals surface area (Å²) in [4.78, 5) is 35.4. The van der Waals surface area contributed by atoms with Gasteiger partial charge in [-0.15, -0.1) is 0 Å². The molecule has 0 spiro atoms. The summed E-state index contributed by atoms with van der Waals surface area (Å²) < 4.78 is 37.5. The van der Waals surface area contributed by atoms with Crippen LogP contribution in [0, 0.1) is 11.8 Å². The number of carbonyl (C=O) groups excluding carboxylic acids is 3. The molecule has 0 saturated heterocycles. The maximum atomic E-state index is 13.0. The van der Waals surface area contributed by atoms with Gasteiger partial charge < -0.3 is 20.1 Å². The summed E-state index contributed by atoms with van der Waals surface area (Å²) >= 11 is 0. The lowest BCUT2D eigenvalue weighted by Gasteiger charge is -2.34. The van der Waals surface area contributed by atoms with Crippen LogP contribution in [0.3, 0.4) is 0 Å². The maximum absolute atomic E-state index is 13.0. The van der Waals surface area contributed by atoms with Crippen molar-refractivity contribution in [3.8, 4) is 5.75 Å². The van der Waals surface area contributed by atoms with Crippen molar-refractivity contribution in [1.82, 2.24) is 5.32 Å². The Labute approximate surface area is 223 Å². The van der Waals surface area contributed by atoms with Crippen LogP contribution in [0.5, 0.6) is 5.75 Å². The average molecular weight is 546 g/mol. The number of nitrogens with zero attached hydrogens (tertiary/aromatic N) is 1. The van der Waals surface area contributed by atoms with E-state index in [-0.39, 0.29) is 29.4 Å². The SMILES string of the molecule is CC(=O)Nc1ccc(S(=O)(=O)N(C)c2ccc(OCC(=O)OCC(=O)N[C@H]3CCC[C@@H](C)[C@@H]3C)cc2)cc1. The fourth-order valence-electron chi connectivity index (χ4n) is 4.33. The van der Waals surface area contributed by atoms with Gasteiger partial charge in [0.1, 0.15) is 5.75 Å². The van der Waals surface area contributed by atoms with Crippen LogP contribution in [0.4, 0.5) is 11.4 Å². The first-order valence-corrected chi connectivity index (χ1v) is 14.0. The van der Waals surface area contributed by atoms with Gasteiger partial charge in [-0.25, -0.2) is 13.2 Å². The third-order valence-corrected chi connectivity index (χ3v) is 8.61. The van der Waals surface area contributed by atoms with E-state index in [1.807, 2.05) is 0 Å². The second-order valence-electron chi connectivity index (χ2n) is 9.56. The molecular formula is C27H35N3O7S. The quantitative estimate of drug-likeness (QED) is 0.438. The molecule has 3 atom stereocenters. The second-order valence-corrected chi connectivity index (χ2v) is 11.5. The number of nitrogens with one attached hydrogen (secondary N) is 2. The molecule has 1 aliphatic rings. The first-order chi connectivity index (χ1) is 18.0. The predicted molar refractivity (Wildman–Crippen MR) is 143 cm³/mol. The van der Waals surface area contributed by atoms with E-state index in [2.05, 4.69) is 24.5 Å². The van der Waals surface area contributed by atoms with E-state index >= 15 is 0 Å². The lowest BCUT2D eigenvalue weighted by Crippen LogP contribution is -2.45. The standard InChI is InChI=1S/C27H35N3O7S/c1-18-6-5-7-25(19(18)2)29-26(32)16-37-27(33)17-36-23-12-10-22(11-13-23)30(4)38(34,35)24-14-8-21(9-15-24)28-20(3)31/h8-15,18-19,25H,5-7,16-17H2,1-4H3,(H,28,31)(H,29,32)/t18-,19+,25+/m1/s1. The zero-order chi connectivity index (χ0) is 27.9. The van der Waals surface area contributed by atoms with Gasteiger partial charge in [0.25, 0.3) is 15.9 Å². The molecule has 0 bridgehead atoms. The van der Waals surface area contributed by atoms with Crippen LogP contribution >= 0.6 is 0 Å². The number of sulfonamides is 1. The highest BCUT2D eigenvalue weighted by Crippen LogP contribution is 2.29. The molecule has 0 aliphatic heterocycles. The molecule has 10 nitrogen and oxygen atoms in total. The minimum Gasteiger partial charge on any atom is -0.482 e. The molecule has 206 valence electrons. The molecule has 1 fully saturated rings. The van der Waals surface area contributed by atoms with Gasteiger partial charge in [0.15, 0.2) is 13.2 Å². The molecule has 0 heterocycles. The summed E-state index contributed by atoms with van der Waals surface area (Å²) in [7, 11) is -2.42. The fourth-order valence-corrected chi connectivity index (χ4v) is 5.52. The van der Waals surface area contributed by atoms with Gasteiger partial charge in [0.05, 0.1) is 10.6 Å². The van der Waals surface area contributed by atoms with Crippen LogP contribution in [0.15, 0.2) is 53.4 Å². The van der Waals surface area contributed by atoms with E-state index in [1.54, 1.807) is 12.1 Å². The molecule has 1 saturated carbocycles. The molecule has 1 aliphatic carbocycles. The fraction of sp³-hybridized carbons (Fsp3) is 0.444. The van der Waals surface area contributed by atoms with Crippen LogP contribution < -0.4 is 19.7 Å². The van der Waals surface area contributed by atoms with E-state index in [9.17, 15) is 22.8 Å². The van der Waals surface area contributed by atoms with Gasteiger partial charge in [-0.2, -0.15) is 0 Å². The number of carbonyl (C=O) groups is 3. The second kappa shape index (κ2) is 12.8. The van der Waals surface area contributed by atoms with Crippen molar-refractivity contribution < 1.29 is 32.3 Å². The van der Waals surface area contributed by atoms with Crippen LogP contribution in [0.1, 0.15) is 40.0 Å². The molecule has 11 heteroatoms. The van der Waals surface area contributed by atoms with Crippen LogP contribution in [0.2, 0.25) is 0 Å². The number of anilines is 2. The molecule has 2 aromatic rings. The molecule has 3 rings (SSSR count). The summed E-state index contributed by atoms with van der Waals surface area (Å²) in [5.74, 6) is -0.0129. The Morgan fingerprint density at radius 1 is 0.974 bits per heavy atom. The summed E-state index contributed by atoms with van der Waals surface area (Å²) in [6.07, 6.45) is 3.14. The van der Waals surface area contributed by atoms with Crippen molar-refractivity contribution >= 4 is 39.2 Å². The van der Waals surface area contributed by atoms with Crippen molar-refractivity contribution in [3.63, 3.8) is 0 Å². The molecule has 0 aromatic heterocycles. The summed E-state index contributed by atoms with van der Waals surface area (Å²) in [6.45, 7) is 4.91. The molecule has 0 unspecified atom stereocenters. The van der Waals surface area contributed by atoms with E-state index < -0.39 is 22.6 Å². The third kappa shape index (κ3) is 7.70. The van der Waals surface area contributed by atoms with Gasteiger partial charge in [0.2, 0.25) is 5.91 Å². The minimum atomic E-state index is -3.84. The Morgan fingerprint density at radius 3 is 2.26 bits per heavy atom. The number of rotatable bonds is 10. The van der Waals surface area contributed by atoms with E-state index in [4.69, 9.17) is 9.47 Å². The summed E-state index contributed by atoms with van der Waals surface area (Å²) in [5.41, 5.74) is 0.877. The Kier molecular flexibility index (Phi) is 9.73. The van der Waals surface area contributed by atoms with Gasteiger partial charge in [-0.3, -0.25) is 13.9 Å². The highest BCUT2D eigenvalue weighted by molar-refractivity contribution is 7.92. The van der Waals surface area contributed by atoms with E-state index in [1.165, 1.54) is 50.4 Å². The van der Waals surface area contributed by atoms with Crippen molar-refractivity contribution in [2.24, 2.45) is 11.8 Å². The number of benzene rings is 2. The van der Waals surface area contributed by atoms with Crippen molar-refractivity contribution in [1.29, 1.82) is 0 Å². The Balaban J connectivity index is 1.47. The number of ether oxygens (including phenoxy) is 2. The van der Waals surface area contributed by atoms with Crippen LogP contribution in [0.25, 0.3) is 0 Å². The lowest BCUT2D eigenvalue weighted by atomic mass is 9.78. The van der Waals surface area contributed by atoms with Crippen molar-refractivity contribution in [2.45, 2.75) is 51.0 Å². The zero-order valence-corrected chi connectivity index (χ0v) is 22.9. The summed E-state index contributed by atoms with van der Waals surface area (Å²) in [5, 5.41) is 5.54. The van der Waals surface area contributed by atoms with E-state index in [0.717, 1.165) is 23.6 Å². The Morgan fingerprint density at radius 2 is 1.63 bits per heavy atom.